The van der Waals surface area contributed by atoms with Gasteiger partial charge in [0, 0.05) is 26.9 Å². The predicted molar refractivity (Wildman–Crippen MR) is 94.1 cm³/mol. The van der Waals surface area contributed by atoms with Crippen molar-refractivity contribution in [3.05, 3.63) is 10.8 Å². The van der Waals surface area contributed by atoms with Gasteiger partial charge < -0.3 is 10.6 Å². The van der Waals surface area contributed by atoms with Gasteiger partial charge in [-0.2, -0.15) is 0 Å². The SMILES string of the molecule is C.C.CNC(=O)CCCS/C=C\SCCCC(=O)NC. The average Bonchev–Trinajstić information content (AvgIpc) is 2.40. The highest BCUT2D eigenvalue weighted by Gasteiger charge is 1.96. The first-order valence-corrected chi connectivity index (χ1v) is 8.09. The van der Waals surface area contributed by atoms with Gasteiger partial charge in [-0.25, -0.2) is 0 Å². The molecule has 0 aliphatic rings. The standard InChI is InChI=1S/C12H22N2O2S2.2CH4/c1-13-11(15)5-3-7-17-9-10-18-8-4-6-12(16)14-2;;/h9-10H,3-8H2,1-2H3,(H,13,15)(H,14,16);2*1H4/b10-9-;;. The molecule has 0 unspecified atom stereocenters. The first-order chi connectivity index (χ1) is 8.70. The van der Waals surface area contributed by atoms with Crippen molar-refractivity contribution in [1.29, 1.82) is 0 Å². The van der Waals surface area contributed by atoms with E-state index < -0.39 is 0 Å². The summed E-state index contributed by atoms with van der Waals surface area (Å²) in [5.74, 6) is 2.12. The molecule has 2 amide bonds. The van der Waals surface area contributed by atoms with Crippen LogP contribution in [0.25, 0.3) is 0 Å². The summed E-state index contributed by atoms with van der Waals surface area (Å²) in [5.41, 5.74) is 0. The quantitative estimate of drug-likeness (QED) is 0.606. The molecule has 0 heterocycles. The summed E-state index contributed by atoms with van der Waals surface area (Å²) in [6, 6.07) is 0. The third-order valence-corrected chi connectivity index (χ3v) is 4.02. The second-order valence-electron chi connectivity index (χ2n) is 3.57. The van der Waals surface area contributed by atoms with E-state index in [1.54, 1.807) is 37.6 Å². The normalized spacial score (nSPS) is 9.50. The van der Waals surface area contributed by atoms with Gasteiger partial charge in [-0.15, -0.1) is 23.5 Å². The number of thioether (sulfide) groups is 2. The molecule has 0 aliphatic heterocycles. The largest absolute Gasteiger partial charge is 0.359 e. The van der Waals surface area contributed by atoms with Crippen molar-refractivity contribution in [1.82, 2.24) is 10.6 Å². The maximum atomic E-state index is 10.9. The van der Waals surface area contributed by atoms with Crippen molar-refractivity contribution < 1.29 is 9.59 Å². The minimum atomic E-state index is 0. The maximum Gasteiger partial charge on any atom is 0.219 e. The lowest BCUT2D eigenvalue weighted by Gasteiger charge is -1.98. The van der Waals surface area contributed by atoms with Crippen LogP contribution < -0.4 is 10.6 Å². The highest BCUT2D eigenvalue weighted by atomic mass is 32.2. The zero-order chi connectivity index (χ0) is 13.6. The van der Waals surface area contributed by atoms with Gasteiger partial charge in [-0.1, -0.05) is 14.9 Å². The molecule has 0 rings (SSSR count). The van der Waals surface area contributed by atoms with Crippen LogP contribution in [0.4, 0.5) is 0 Å². The Kier molecular flexibility index (Phi) is 22.4. The molecule has 0 aromatic carbocycles. The number of carbonyl (C=O) groups excluding carboxylic acids is 2. The third-order valence-electron chi connectivity index (χ3n) is 2.14. The van der Waals surface area contributed by atoms with Gasteiger partial charge in [-0.05, 0) is 35.2 Å². The lowest BCUT2D eigenvalue weighted by molar-refractivity contribution is -0.121. The monoisotopic (exact) mass is 322 g/mol. The Labute approximate surface area is 132 Å². The van der Waals surface area contributed by atoms with Crippen LogP contribution in [0.5, 0.6) is 0 Å². The van der Waals surface area contributed by atoms with E-state index in [1.807, 2.05) is 0 Å². The minimum absolute atomic E-state index is 0. The van der Waals surface area contributed by atoms with Gasteiger partial charge in [0.1, 0.15) is 0 Å². The first kappa shape index (κ1) is 24.4. The molecule has 2 N–H and O–H groups in total. The number of nitrogens with one attached hydrogen (secondary N) is 2. The van der Waals surface area contributed by atoms with Gasteiger partial charge >= 0.3 is 0 Å². The minimum Gasteiger partial charge on any atom is -0.359 e. The number of carbonyl (C=O) groups is 2. The molecule has 0 saturated heterocycles. The number of amides is 2. The van der Waals surface area contributed by atoms with E-state index in [1.165, 1.54) is 0 Å². The summed E-state index contributed by atoms with van der Waals surface area (Å²) in [5, 5.41) is 9.30. The second-order valence-corrected chi connectivity index (χ2v) is 5.59. The van der Waals surface area contributed by atoms with E-state index in [4.69, 9.17) is 0 Å². The van der Waals surface area contributed by atoms with Crippen LogP contribution in [0.3, 0.4) is 0 Å². The van der Waals surface area contributed by atoms with E-state index in [2.05, 4.69) is 21.4 Å². The van der Waals surface area contributed by atoms with Gasteiger partial charge in [-0.3, -0.25) is 9.59 Å². The summed E-state index contributed by atoms with van der Waals surface area (Å²) in [7, 11) is 3.32. The second kappa shape index (κ2) is 18.4. The number of rotatable bonds is 10. The molecule has 6 heteroatoms. The van der Waals surface area contributed by atoms with Crippen molar-refractivity contribution in [2.75, 3.05) is 25.6 Å². The van der Waals surface area contributed by atoms with E-state index in [-0.39, 0.29) is 26.7 Å². The van der Waals surface area contributed by atoms with Crippen LogP contribution in [-0.2, 0) is 9.59 Å². The predicted octanol–water partition coefficient (Wildman–Crippen LogP) is 3.25. The molecule has 0 spiro atoms. The average molecular weight is 323 g/mol. The van der Waals surface area contributed by atoms with E-state index in [9.17, 15) is 9.59 Å². The summed E-state index contributed by atoms with van der Waals surface area (Å²) < 4.78 is 0. The summed E-state index contributed by atoms with van der Waals surface area (Å²) in [6.45, 7) is 0. The molecule has 0 radical (unpaired) electrons. The van der Waals surface area contributed by atoms with E-state index >= 15 is 0 Å². The molecule has 0 aromatic heterocycles. The highest BCUT2D eigenvalue weighted by molar-refractivity contribution is 8.05. The molecule has 0 bridgehead atoms. The van der Waals surface area contributed by atoms with Crippen LogP contribution in [0.15, 0.2) is 10.8 Å². The van der Waals surface area contributed by atoms with Crippen LogP contribution in [-0.4, -0.2) is 37.4 Å². The molecule has 20 heavy (non-hydrogen) atoms. The molecule has 0 fully saturated rings. The Bertz CT molecular complexity index is 246. The Morgan fingerprint density at radius 3 is 1.50 bits per heavy atom. The Morgan fingerprint density at radius 1 is 0.850 bits per heavy atom. The van der Waals surface area contributed by atoms with Crippen molar-refractivity contribution in [2.24, 2.45) is 0 Å². The third kappa shape index (κ3) is 17.4. The molecule has 0 saturated carbocycles. The topological polar surface area (TPSA) is 58.2 Å². The Hall–Kier alpha value is -0.620. The van der Waals surface area contributed by atoms with Crippen LogP contribution >= 0.6 is 23.5 Å². The molecule has 0 aliphatic carbocycles. The van der Waals surface area contributed by atoms with Crippen molar-refractivity contribution >= 4 is 35.3 Å². The maximum absolute atomic E-state index is 10.9. The highest BCUT2D eigenvalue weighted by Crippen LogP contribution is 2.12. The zero-order valence-corrected chi connectivity index (χ0v) is 12.7. The molecule has 120 valence electrons. The number of hydrogen-bond acceptors (Lipinski definition) is 4. The van der Waals surface area contributed by atoms with Gasteiger partial charge in [0.05, 0.1) is 0 Å². The summed E-state index contributed by atoms with van der Waals surface area (Å²) in [4.78, 5) is 21.8. The molecular weight excluding hydrogens is 292 g/mol. The smallest absolute Gasteiger partial charge is 0.219 e. The first-order valence-electron chi connectivity index (χ1n) is 6.00. The molecule has 0 atom stereocenters. The molecular formula is C14H30N2O2S2. The fourth-order valence-electron chi connectivity index (χ4n) is 1.10. The van der Waals surface area contributed by atoms with Gasteiger partial charge in [0.15, 0.2) is 0 Å². The Morgan fingerprint density at radius 2 is 1.20 bits per heavy atom. The summed E-state index contributed by atoms with van der Waals surface area (Å²) in [6.07, 6.45) is 2.99. The van der Waals surface area contributed by atoms with Crippen LogP contribution in [0, 0.1) is 0 Å². The van der Waals surface area contributed by atoms with Crippen molar-refractivity contribution in [3.8, 4) is 0 Å². The fourth-order valence-corrected chi connectivity index (χ4v) is 2.62. The zero-order valence-electron chi connectivity index (χ0n) is 11.0. The molecule has 0 aromatic rings. The fraction of sp³-hybridized carbons (Fsp3) is 0.714. The van der Waals surface area contributed by atoms with E-state index in [0.717, 1.165) is 24.3 Å². The lowest BCUT2D eigenvalue weighted by Crippen LogP contribution is -2.17. The summed E-state index contributed by atoms with van der Waals surface area (Å²) >= 11 is 3.43. The van der Waals surface area contributed by atoms with Crippen LogP contribution in [0.1, 0.15) is 40.5 Å². The Balaban J connectivity index is -0.00000144. The van der Waals surface area contributed by atoms with Crippen molar-refractivity contribution in [3.63, 3.8) is 0 Å². The lowest BCUT2D eigenvalue weighted by atomic mass is 10.3. The number of hydrogen-bond donors (Lipinski definition) is 2. The van der Waals surface area contributed by atoms with Gasteiger partial charge in [0.25, 0.3) is 0 Å². The van der Waals surface area contributed by atoms with Crippen LogP contribution in [0.2, 0.25) is 0 Å². The van der Waals surface area contributed by atoms with Crippen molar-refractivity contribution in [2.45, 2.75) is 40.5 Å². The van der Waals surface area contributed by atoms with E-state index in [0.29, 0.717) is 12.8 Å². The van der Waals surface area contributed by atoms with Gasteiger partial charge in [0.2, 0.25) is 11.8 Å². The molecule has 4 nitrogen and oxygen atoms in total.